The highest BCUT2D eigenvalue weighted by molar-refractivity contribution is 6.08. The van der Waals surface area contributed by atoms with Crippen LogP contribution in [0.15, 0.2) is 42.6 Å². The van der Waals surface area contributed by atoms with Crippen LogP contribution in [0.25, 0.3) is 10.9 Å². The van der Waals surface area contributed by atoms with Crippen LogP contribution in [-0.4, -0.2) is 37.0 Å². The van der Waals surface area contributed by atoms with Crippen LogP contribution in [0, 0.1) is 0 Å². The van der Waals surface area contributed by atoms with E-state index in [4.69, 9.17) is 9.47 Å². The van der Waals surface area contributed by atoms with Gasteiger partial charge in [-0.15, -0.1) is 0 Å². The largest absolute Gasteiger partial charge is 0.465 e. The number of hydrogen-bond acceptors (Lipinski definition) is 5. The highest BCUT2D eigenvalue weighted by Crippen LogP contribution is 2.40. The van der Waals surface area contributed by atoms with Crippen LogP contribution in [0.5, 0.6) is 0 Å². The minimum Gasteiger partial charge on any atom is -0.465 e. The fourth-order valence-electron chi connectivity index (χ4n) is 3.44. The molecule has 0 bridgehead atoms. The fourth-order valence-corrected chi connectivity index (χ4v) is 3.44. The second kappa shape index (κ2) is 6.28. The Morgan fingerprint density at radius 2 is 1.59 bits per heavy atom. The Morgan fingerprint density at radius 3 is 2.30 bits per heavy atom. The summed E-state index contributed by atoms with van der Waals surface area (Å²) in [5.41, 5.74) is 3.61. The molecule has 0 spiro atoms. The van der Waals surface area contributed by atoms with Crippen LogP contribution >= 0.6 is 0 Å². The van der Waals surface area contributed by atoms with Gasteiger partial charge in [0.05, 0.1) is 31.3 Å². The van der Waals surface area contributed by atoms with E-state index in [1.165, 1.54) is 14.2 Å². The van der Waals surface area contributed by atoms with Gasteiger partial charge in [-0.25, -0.2) is 9.59 Å². The van der Waals surface area contributed by atoms with Gasteiger partial charge in [0.2, 0.25) is 5.91 Å². The molecule has 4 rings (SSSR count). The number of esters is 2. The number of rotatable bonds is 3. The lowest BCUT2D eigenvalue weighted by atomic mass is 9.91. The molecule has 2 heterocycles. The van der Waals surface area contributed by atoms with Crippen LogP contribution < -0.4 is 5.32 Å². The Labute approximate surface area is 154 Å². The monoisotopic (exact) mass is 364 g/mol. The summed E-state index contributed by atoms with van der Waals surface area (Å²) >= 11 is 0. The molecule has 0 fully saturated rings. The minimum absolute atomic E-state index is 0.198. The summed E-state index contributed by atoms with van der Waals surface area (Å²) < 4.78 is 9.55. The highest BCUT2D eigenvalue weighted by atomic mass is 16.5. The number of hydrogen-bond donors (Lipinski definition) is 2. The lowest BCUT2D eigenvalue weighted by Gasteiger charge is -2.10. The van der Waals surface area contributed by atoms with Crippen LogP contribution in [0.2, 0.25) is 0 Å². The molecule has 3 aromatic rings. The van der Waals surface area contributed by atoms with Crippen molar-refractivity contribution in [3.8, 4) is 0 Å². The lowest BCUT2D eigenvalue weighted by molar-refractivity contribution is -0.116. The van der Waals surface area contributed by atoms with E-state index in [0.717, 1.165) is 10.9 Å². The van der Waals surface area contributed by atoms with Crippen molar-refractivity contribution in [3.63, 3.8) is 0 Å². The summed E-state index contributed by atoms with van der Waals surface area (Å²) in [6.45, 7) is 0. The Kier molecular flexibility index (Phi) is 3.92. The van der Waals surface area contributed by atoms with E-state index < -0.39 is 17.9 Å². The molecular weight excluding hydrogens is 348 g/mol. The molecule has 0 saturated heterocycles. The number of H-pyrrole nitrogens is 1. The van der Waals surface area contributed by atoms with Gasteiger partial charge in [0.25, 0.3) is 0 Å². The Bertz CT molecular complexity index is 1100. The number of carbonyl (C=O) groups is 3. The number of aromatic nitrogens is 1. The van der Waals surface area contributed by atoms with Crippen molar-refractivity contribution < 1.29 is 23.9 Å². The van der Waals surface area contributed by atoms with Crippen molar-refractivity contribution >= 4 is 34.4 Å². The number of amides is 1. The molecule has 2 N–H and O–H groups in total. The van der Waals surface area contributed by atoms with Gasteiger partial charge < -0.3 is 19.8 Å². The van der Waals surface area contributed by atoms with Gasteiger partial charge in [-0.1, -0.05) is 0 Å². The minimum atomic E-state index is -0.605. The van der Waals surface area contributed by atoms with Crippen LogP contribution in [-0.2, 0) is 14.3 Å². The first-order valence-corrected chi connectivity index (χ1v) is 8.26. The summed E-state index contributed by atoms with van der Waals surface area (Å²) in [5, 5.41) is 3.58. The Balaban J connectivity index is 1.86. The Hall–Kier alpha value is -3.61. The highest BCUT2D eigenvalue weighted by Gasteiger charge is 2.34. The number of aromatic amines is 1. The molecular formula is C20H16N2O5. The molecule has 0 radical (unpaired) electrons. The first-order valence-electron chi connectivity index (χ1n) is 8.26. The zero-order valence-corrected chi connectivity index (χ0v) is 14.7. The molecule has 2 aromatic carbocycles. The average Bonchev–Trinajstić information content (AvgIpc) is 3.24. The molecule has 27 heavy (non-hydrogen) atoms. The number of benzene rings is 2. The van der Waals surface area contributed by atoms with E-state index in [2.05, 4.69) is 10.3 Å². The molecule has 7 heteroatoms. The van der Waals surface area contributed by atoms with Crippen molar-refractivity contribution in [3.05, 3.63) is 64.8 Å². The molecule has 1 amide bonds. The van der Waals surface area contributed by atoms with E-state index in [0.29, 0.717) is 27.9 Å². The van der Waals surface area contributed by atoms with E-state index in [-0.39, 0.29) is 5.91 Å². The van der Waals surface area contributed by atoms with Crippen LogP contribution in [0.1, 0.15) is 37.8 Å². The summed E-state index contributed by atoms with van der Waals surface area (Å²) in [6.07, 6.45) is 1.75. The number of ether oxygens (including phenoxy) is 2. The fraction of sp³-hybridized carbons (Fsp3) is 0.150. The molecule has 0 aliphatic carbocycles. The normalized spacial score (nSPS) is 15.3. The number of fused-ring (bicyclic) bond motifs is 2. The van der Waals surface area contributed by atoms with Gasteiger partial charge in [-0.2, -0.15) is 0 Å². The molecule has 136 valence electrons. The van der Waals surface area contributed by atoms with Gasteiger partial charge in [-0.05, 0) is 47.5 Å². The van der Waals surface area contributed by atoms with Gasteiger partial charge in [0.1, 0.15) is 0 Å². The summed E-state index contributed by atoms with van der Waals surface area (Å²) in [7, 11) is 2.63. The third kappa shape index (κ3) is 2.64. The first kappa shape index (κ1) is 16.8. The van der Waals surface area contributed by atoms with Gasteiger partial charge >= 0.3 is 11.9 Å². The topological polar surface area (TPSA) is 97.5 Å². The standard InChI is InChI=1S/C20H16N2O5/c1-26-19(24)10-3-5-15-12(7-10)14(9-21-15)17-13-8-11(20(25)27-2)4-6-16(13)22-18(17)23/h3-9,17,21H,1-2H3,(H,22,23). The second-order valence-corrected chi connectivity index (χ2v) is 6.21. The predicted octanol–water partition coefficient (Wildman–Crippen LogP) is 2.83. The zero-order chi connectivity index (χ0) is 19.1. The first-order chi connectivity index (χ1) is 13.0. The van der Waals surface area contributed by atoms with E-state index >= 15 is 0 Å². The maximum absolute atomic E-state index is 12.7. The zero-order valence-electron chi connectivity index (χ0n) is 14.7. The third-order valence-corrected chi connectivity index (χ3v) is 4.75. The SMILES string of the molecule is COC(=O)c1ccc2c(c1)C(c1c[nH]c3ccc(C(=O)OC)cc13)C(=O)N2. The summed E-state index contributed by atoms with van der Waals surface area (Å²) in [6, 6.07) is 10.1. The van der Waals surface area contributed by atoms with Crippen molar-refractivity contribution in [2.75, 3.05) is 19.5 Å². The number of anilines is 1. The van der Waals surface area contributed by atoms with Gasteiger partial charge in [-0.3, -0.25) is 4.79 Å². The molecule has 7 nitrogen and oxygen atoms in total. The van der Waals surface area contributed by atoms with Crippen molar-refractivity contribution in [1.29, 1.82) is 0 Å². The molecule has 1 aliphatic rings. The summed E-state index contributed by atoms with van der Waals surface area (Å²) in [5.74, 6) is -1.72. The van der Waals surface area contributed by atoms with Crippen LogP contribution in [0.4, 0.5) is 5.69 Å². The molecule has 1 atom stereocenters. The number of carbonyl (C=O) groups excluding carboxylic acids is 3. The lowest BCUT2D eigenvalue weighted by Crippen LogP contribution is -2.13. The van der Waals surface area contributed by atoms with Gasteiger partial charge in [0.15, 0.2) is 0 Å². The second-order valence-electron chi connectivity index (χ2n) is 6.21. The van der Waals surface area contributed by atoms with E-state index in [1.807, 2.05) is 0 Å². The van der Waals surface area contributed by atoms with Crippen molar-refractivity contribution in [2.24, 2.45) is 0 Å². The number of nitrogens with one attached hydrogen (secondary N) is 2. The molecule has 1 aromatic heterocycles. The molecule has 0 saturated carbocycles. The molecule has 1 unspecified atom stereocenters. The van der Waals surface area contributed by atoms with Gasteiger partial charge in [0, 0.05) is 22.8 Å². The van der Waals surface area contributed by atoms with E-state index in [9.17, 15) is 14.4 Å². The van der Waals surface area contributed by atoms with E-state index in [1.54, 1.807) is 42.6 Å². The Morgan fingerprint density at radius 1 is 0.926 bits per heavy atom. The summed E-state index contributed by atoms with van der Waals surface area (Å²) in [4.78, 5) is 39.5. The van der Waals surface area contributed by atoms with Crippen molar-refractivity contribution in [1.82, 2.24) is 4.98 Å². The quantitative estimate of drug-likeness (QED) is 0.697. The maximum Gasteiger partial charge on any atom is 0.337 e. The maximum atomic E-state index is 12.7. The van der Waals surface area contributed by atoms with Crippen LogP contribution in [0.3, 0.4) is 0 Å². The van der Waals surface area contributed by atoms with Crippen molar-refractivity contribution in [2.45, 2.75) is 5.92 Å². The predicted molar refractivity (Wildman–Crippen MR) is 97.9 cm³/mol. The number of methoxy groups -OCH3 is 2. The smallest absolute Gasteiger partial charge is 0.337 e. The third-order valence-electron chi connectivity index (χ3n) is 4.75. The molecule has 1 aliphatic heterocycles. The average molecular weight is 364 g/mol.